The number of nitrogens with zero attached hydrogens (tertiary/aromatic N) is 2. The maximum Gasteiger partial charge on any atom is 0.322 e. The molecule has 1 N–H and O–H groups in total. The van der Waals surface area contributed by atoms with Gasteiger partial charge in [0.1, 0.15) is 17.1 Å². The summed E-state index contributed by atoms with van der Waals surface area (Å²) >= 11 is 0. The minimum Gasteiger partial charge on any atom is -0.496 e. The van der Waals surface area contributed by atoms with Crippen molar-refractivity contribution in [3.8, 4) is 11.5 Å². The van der Waals surface area contributed by atoms with E-state index < -0.39 is 5.91 Å². The van der Waals surface area contributed by atoms with Crippen LogP contribution in [0, 0.1) is 0 Å². The molecule has 130 valence electrons. The Labute approximate surface area is 141 Å². The monoisotopic (exact) mass is 333 g/mol. The number of hydrogen-bond donors (Lipinski definition) is 1. The van der Waals surface area contributed by atoms with Crippen LogP contribution in [0.25, 0.3) is 0 Å². The van der Waals surface area contributed by atoms with Crippen molar-refractivity contribution in [2.45, 2.75) is 39.0 Å². The number of hydrogen-bond acceptors (Lipinski definition) is 6. The third-order valence-corrected chi connectivity index (χ3v) is 4.38. The summed E-state index contributed by atoms with van der Waals surface area (Å²) in [6.07, 6.45) is 1.72. The Kier molecular flexibility index (Phi) is 5.43. The Bertz CT molecular complexity index is 685. The molecule has 0 atom stereocenters. The lowest BCUT2D eigenvalue weighted by molar-refractivity contribution is 0.101. The molecular weight excluding hydrogens is 310 g/mol. The Hall–Kier alpha value is -2.57. The molecule has 0 unspecified atom stereocenters. The third-order valence-electron chi connectivity index (χ3n) is 4.38. The fraction of sp³-hybridized carbons (Fsp3) is 0.471. The average molecular weight is 333 g/mol. The van der Waals surface area contributed by atoms with Crippen LogP contribution in [-0.4, -0.2) is 30.3 Å². The number of aromatic nitrogens is 2. The Morgan fingerprint density at radius 1 is 1.17 bits per heavy atom. The number of anilines is 1. The van der Waals surface area contributed by atoms with Crippen molar-refractivity contribution in [2.75, 3.05) is 19.5 Å². The smallest absolute Gasteiger partial charge is 0.322 e. The zero-order chi connectivity index (χ0) is 17.7. The first kappa shape index (κ1) is 17.8. The fourth-order valence-corrected chi connectivity index (χ4v) is 2.30. The fourth-order valence-electron chi connectivity index (χ4n) is 2.30. The van der Waals surface area contributed by atoms with Gasteiger partial charge in [-0.1, -0.05) is 31.9 Å². The van der Waals surface area contributed by atoms with Crippen molar-refractivity contribution in [1.82, 2.24) is 10.2 Å². The van der Waals surface area contributed by atoms with E-state index >= 15 is 0 Å². The van der Waals surface area contributed by atoms with Crippen LogP contribution in [0.15, 0.2) is 22.6 Å². The van der Waals surface area contributed by atoms with Gasteiger partial charge in [-0.25, -0.2) is 0 Å². The molecule has 0 saturated heterocycles. The molecule has 0 saturated carbocycles. The van der Waals surface area contributed by atoms with Crippen molar-refractivity contribution in [2.24, 2.45) is 0 Å². The minimum atomic E-state index is -0.436. The molecule has 0 aliphatic heterocycles. The highest BCUT2D eigenvalue weighted by molar-refractivity contribution is 6.07. The van der Waals surface area contributed by atoms with Gasteiger partial charge >= 0.3 is 6.01 Å². The molecule has 0 fully saturated rings. The van der Waals surface area contributed by atoms with Crippen LogP contribution in [0.4, 0.5) is 6.01 Å². The molecule has 0 aliphatic rings. The minimum absolute atomic E-state index is 0.0519. The second-order valence-corrected chi connectivity index (χ2v) is 5.67. The van der Waals surface area contributed by atoms with Gasteiger partial charge in [0.25, 0.3) is 5.91 Å². The molecule has 0 bridgehead atoms. The SMILES string of the molecule is CCC(C)(CC)c1nnc(NC(=O)c2c(OC)cccc2OC)o1. The summed E-state index contributed by atoms with van der Waals surface area (Å²) < 4.78 is 16.1. The Balaban J connectivity index is 2.27. The number of carbonyl (C=O) groups excluding carboxylic acids is 1. The van der Waals surface area contributed by atoms with E-state index in [0.29, 0.717) is 17.4 Å². The summed E-state index contributed by atoms with van der Waals surface area (Å²) in [5, 5.41) is 10.6. The molecule has 1 heterocycles. The number of methoxy groups -OCH3 is 2. The van der Waals surface area contributed by atoms with Gasteiger partial charge in [0, 0.05) is 5.41 Å². The molecule has 1 amide bonds. The summed E-state index contributed by atoms with van der Waals surface area (Å²) in [4.78, 5) is 12.6. The second kappa shape index (κ2) is 7.33. The van der Waals surface area contributed by atoms with E-state index in [1.54, 1.807) is 18.2 Å². The zero-order valence-electron chi connectivity index (χ0n) is 14.7. The Morgan fingerprint density at radius 2 is 1.75 bits per heavy atom. The molecule has 2 aromatic rings. The maximum absolute atomic E-state index is 12.6. The zero-order valence-corrected chi connectivity index (χ0v) is 14.7. The van der Waals surface area contributed by atoms with Crippen molar-refractivity contribution >= 4 is 11.9 Å². The van der Waals surface area contributed by atoms with Gasteiger partial charge in [-0.05, 0) is 25.0 Å². The molecule has 0 radical (unpaired) electrons. The molecular formula is C17H23N3O4. The lowest BCUT2D eigenvalue weighted by Crippen LogP contribution is -2.20. The first-order valence-corrected chi connectivity index (χ1v) is 7.85. The third kappa shape index (κ3) is 3.34. The summed E-state index contributed by atoms with van der Waals surface area (Å²) in [6.45, 7) is 6.17. The van der Waals surface area contributed by atoms with Crippen LogP contribution in [0.5, 0.6) is 11.5 Å². The van der Waals surface area contributed by atoms with Crippen LogP contribution < -0.4 is 14.8 Å². The first-order valence-electron chi connectivity index (χ1n) is 7.85. The summed E-state index contributed by atoms with van der Waals surface area (Å²) in [6, 6.07) is 5.16. The van der Waals surface area contributed by atoms with Crippen molar-refractivity contribution in [3.05, 3.63) is 29.7 Å². The van der Waals surface area contributed by atoms with E-state index in [-0.39, 0.29) is 17.0 Å². The van der Waals surface area contributed by atoms with Gasteiger partial charge in [0.2, 0.25) is 5.89 Å². The number of amides is 1. The average Bonchev–Trinajstić information content (AvgIpc) is 3.09. The highest BCUT2D eigenvalue weighted by Crippen LogP contribution is 2.32. The van der Waals surface area contributed by atoms with Crippen LogP contribution >= 0.6 is 0 Å². The molecule has 0 aliphatic carbocycles. The number of ether oxygens (including phenoxy) is 2. The topological polar surface area (TPSA) is 86.5 Å². The van der Waals surface area contributed by atoms with Gasteiger partial charge < -0.3 is 13.9 Å². The van der Waals surface area contributed by atoms with Crippen molar-refractivity contribution < 1.29 is 18.7 Å². The van der Waals surface area contributed by atoms with E-state index in [1.165, 1.54) is 14.2 Å². The van der Waals surface area contributed by atoms with E-state index in [0.717, 1.165) is 12.8 Å². The van der Waals surface area contributed by atoms with Gasteiger partial charge in [0.15, 0.2) is 0 Å². The number of carbonyl (C=O) groups is 1. The lowest BCUT2D eigenvalue weighted by atomic mass is 9.85. The van der Waals surface area contributed by atoms with E-state index in [1.807, 2.05) is 0 Å². The number of benzene rings is 1. The summed E-state index contributed by atoms with van der Waals surface area (Å²) in [5.41, 5.74) is 0.0639. The van der Waals surface area contributed by atoms with Crippen LogP contribution in [-0.2, 0) is 5.41 Å². The molecule has 1 aromatic heterocycles. The largest absolute Gasteiger partial charge is 0.496 e. The molecule has 1 aromatic carbocycles. The quantitative estimate of drug-likeness (QED) is 0.835. The van der Waals surface area contributed by atoms with Crippen molar-refractivity contribution in [1.29, 1.82) is 0 Å². The van der Waals surface area contributed by atoms with E-state index in [2.05, 4.69) is 36.3 Å². The normalized spacial score (nSPS) is 11.2. The highest BCUT2D eigenvalue weighted by atomic mass is 16.5. The van der Waals surface area contributed by atoms with Crippen LogP contribution in [0.1, 0.15) is 49.9 Å². The van der Waals surface area contributed by atoms with Crippen molar-refractivity contribution in [3.63, 3.8) is 0 Å². The van der Waals surface area contributed by atoms with Crippen LogP contribution in [0.2, 0.25) is 0 Å². The van der Waals surface area contributed by atoms with E-state index in [9.17, 15) is 4.79 Å². The lowest BCUT2D eigenvalue weighted by Gasteiger charge is -2.21. The standard InChI is InChI=1S/C17H23N3O4/c1-6-17(3,7-2)15-19-20-16(24-15)18-14(21)13-11(22-4)9-8-10-12(13)23-5/h8-10H,6-7H2,1-5H3,(H,18,20,21). The predicted molar refractivity (Wildman–Crippen MR) is 89.7 cm³/mol. The molecule has 24 heavy (non-hydrogen) atoms. The maximum atomic E-state index is 12.6. The van der Waals surface area contributed by atoms with Gasteiger partial charge in [-0.3, -0.25) is 10.1 Å². The highest BCUT2D eigenvalue weighted by Gasteiger charge is 2.29. The number of nitrogens with one attached hydrogen (secondary N) is 1. The predicted octanol–water partition coefficient (Wildman–Crippen LogP) is 3.42. The second-order valence-electron chi connectivity index (χ2n) is 5.67. The molecule has 7 heteroatoms. The summed E-state index contributed by atoms with van der Waals surface area (Å²) in [5.74, 6) is 0.876. The van der Waals surface area contributed by atoms with Gasteiger partial charge in [-0.2, -0.15) is 0 Å². The van der Waals surface area contributed by atoms with E-state index in [4.69, 9.17) is 13.9 Å². The Morgan fingerprint density at radius 3 is 2.25 bits per heavy atom. The molecule has 7 nitrogen and oxygen atoms in total. The van der Waals surface area contributed by atoms with Gasteiger partial charge in [-0.15, -0.1) is 5.10 Å². The molecule has 0 spiro atoms. The van der Waals surface area contributed by atoms with Gasteiger partial charge in [0.05, 0.1) is 14.2 Å². The van der Waals surface area contributed by atoms with Crippen LogP contribution in [0.3, 0.4) is 0 Å². The number of rotatable bonds is 7. The molecule has 2 rings (SSSR count). The summed E-state index contributed by atoms with van der Waals surface area (Å²) in [7, 11) is 2.98. The first-order chi connectivity index (χ1) is 11.5.